The van der Waals surface area contributed by atoms with E-state index >= 15 is 0 Å². The van der Waals surface area contributed by atoms with Gasteiger partial charge in [-0.25, -0.2) is 4.79 Å². The van der Waals surface area contributed by atoms with Crippen LogP contribution in [-0.2, 0) is 23.7 Å². The van der Waals surface area contributed by atoms with Gasteiger partial charge in [0.05, 0.1) is 0 Å². The molecule has 1 heterocycles. The van der Waals surface area contributed by atoms with Gasteiger partial charge in [0.2, 0.25) is 0 Å². The SMILES string of the molecule is COC1C(O)OC(C(=O)O)C(OC)C1OC. The summed E-state index contributed by atoms with van der Waals surface area (Å²) < 4.78 is 20.0. The molecule has 1 aliphatic heterocycles. The predicted molar refractivity (Wildman–Crippen MR) is 50.9 cm³/mol. The molecule has 0 saturated carbocycles. The van der Waals surface area contributed by atoms with E-state index in [1.54, 1.807) is 0 Å². The second-order valence-corrected chi connectivity index (χ2v) is 3.39. The Kier molecular flexibility index (Phi) is 4.63. The summed E-state index contributed by atoms with van der Waals surface area (Å²) >= 11 is 0. The Morgan fingerprint density at radius 2 is 1.56 bits per heavy atom. The fourth-order valence-electron chi connectivity index (χ4n) is 1.80. The first-order chi connectivity index (χ1) is 7.56. The van der Waals surface area contributed by atoms with Crippen molar-refractivity contribution in [3.8, 4) is 0 Å². The molecule has 16 heavy (non-hydrogen) atoms. The minimum absolute atomic E-state index is 0.708. The highest BCUT2D eigenvalue weighted by molar-refractivity contribution is 5.73. The molecule has 7 nitrogen and oxygen atoms in total. The van der Waals surface area contributed by atoms with Crippen molar-refractivity contribution in [2.24, 2.45) is 0 Å². The van der Waals surface area contributed by atoms with Crippen LogP contribution in [0, 0.1) is 0 Å². The van der Waals surface area contributed by atoms with Crippen molar-refractivity contribution in [3.05, 3.63) is 0 Å². The van der Waals surface area contributed by atoms with Crippen molar-refractivity contribution < 1.29 is 34.0 Å². The third-order valence-electron chi connectivity index (χ3n) is 2.57. The van der Waals surface area contributed by atoms with Crippen molar-refractivity contribution in [1.82, 2.24) is 0 Å². The molecular formula is C9H16O7. The predicted octanol–water partition coefficient (Wildman–Crippen LogP) is -1.17. The second-order valence-electron chi connectivity index (χ2n) is 3.39. The lowest BCUT2D eigenvalue weighted by Crippen LogP contribution is -2.61. The lowest BCUT2D eigenvalue weighted by Gasteiger charge is -2.41. The fourth-order valence-corrected chi connectivity index (χ4v) is 1.80. The molecule has 1 aliphatic rings. The van der Waals surface area contributed by atoms with E-state index in [9.17, 15) is 9.90 Å². The molecule has 7 heteroatoms. The molecule has 0 aliphatic carbocycles. The minimum atomic E-state index is -1.36. The van der Waals surface area contributed by atoms with E-state index in [0.717, 1.165) is 0 Å². The molecule has 1 fully saturated rings. The van der Waals surface area contributed by atoms with Gasteiger partial charge in [-0.3, -0.25) is 0 Å². The summed E-state index contributed by atoms with van der Waals surface area (Å²) in [5.41, 5.74) is 0. The molecule has 0 aromatic heterocycles. The molecule has 2 N–H and O–H groups in total. The van der Waals surface area contributed by atoms with Crippen LogP contribution in [0.2, 0.25) is 0 Å². The fraction of sp³-hybridized carbons (Fsp3) is 0.889. The highest BCUT2D eigenvalue weighted by Crippen LogP contribution is 2.25. The first-order valence-electron chi connectivity index (χ1n) is 4.71. The van der Waals surface area contributed by atoms with Crippen LogP contribution in [0.3, 0.4) is 0 Å². The monoisotopic (exact) mass is 236 g/mol. The van der Waals surface area contributed by atoms with E-state index in [4.69, 9.17) is 24.1 Å². The van der Waals surface area contributed by atoms with Crippen molar-refractivity contribution in [2.75, 3.05) is 21.3 Å². The molecule has 0 bridgehead atoms. The number of methoxy groups -OCH3 is 3. The van der Waals surface area contributed by atoms with Gasteiger partial charge in [-0.15, -0.1) is 0 Å². The molecule has 1 rings (SSSR count). The number of aliphatic carboxylic acids is 1. The lowest BCUT2D eigenvalue weighted by atomic mass is 9.98. The Morgan fingerprint density at radius 1 is 1.06 bits per heavy atom. The third kappa shape index (κ3) is 2.33. The van der Waals surface area contributed by atoms with Gasteiger partial charge >= 0.3 is 5.97 Å². The van der Waals surface area contributed by atoms with Gasteiger partial charge in [0.15, 0.2) is 12.4 Å². The Balaban J connectivity index is 2.91. The number of rotatable bonds is 4. The maximum atomic E-state index is 10.9. The molecule has 0 aromatic rings. The van der Waals surface area contributed by atoms with Gasteiger partial charge in [0.1, 0.15) is 18.3 Å². The van der Waals surface area contributed by atoms with E-state index in [-0.39, 0.29) is 0 Å². The van der Waals surface area contributed by atoms with E-state index in [0.29, 0.717) is 0 Å². The first-order valence-corrected chi connectivity index (χ1v) is 4.71. The minimum Gasteiger partial charge on any atom is -0.479 e. The smallest absolute Gasteiger partial charge is 0.335 e. The van der Waals surface area contributed by atoms with E-state index < -0.39 is 36.7 Å². The number of hydrogen-bond acceptors (Lipinski definition) is 6. The van der Waals surface area contributed by atoms with Crippen LogP contribution in [0.4, 0.5) is 0 Å². The van der Waals surface area contributed by atoms with E-state index in [2.05, 4.69) is 0 Å². The molecule has 5 unspecified atom stereocenters. The lowest BCUT2D eigenvalue weighted by molar-refractivity contribution is -0.292. The molecule has 94 valence electrons. The summed E-state index contributed by atoms with van der Waals surface area (Å²) in [7, 11) is 4.11. The number of carboxylic acid groups (broad SMARTS) is 1. The molecule has 5 atom stereocenters. The molecule has 0 spiro atoms. The highest BCUT2D eigenvalue weighted by Gasteiger charge is 2.49. The summed E-state index contributed by atoms with van der Waals surface area (Å²) in [6, 6.07) is 0. The van der Waals surface area contributed by atoms with Gasteiger partial charge in [0, 0.05) is 21.3 Å². The quantitative estimate of drug-likeness (QED) is 0.635. The largest absolute Gasteiger partial charge is 0.479 e. The summed E-state index contributed by atoms with van der Waals surface area (Å²) in [6.45, 7) is 0. The molecular weight excluding hydrogens is 220 g/mol. The maximum absolute atomic E-state index is 10.9. The Morgan fingerprint density at radius 3 is 1.94 bits per heavy atom. The van der Waals surface area contributed by atoms with Crippen LogP contribution in [-0.4, -0.2) is 68.2 Å². The van der Waals surface area contributed by atoms with Gasteiger partial charge in [-0.2, -0.15) is 0 Å². The second kappa shape index (κ2) is 5.55. The van der Waals surface area contributed by atoms with Crippen molar-refractivity contribution in [1.29, 1.82) is 0 Å². The van der Waals surface area contributed by atoms with E-state index in [1.165, 1.54) is 21.3 Å². The Hall–Kier alpha value is -0.730. The van der Waals surface area contributed by atoms with Crippen LogP contribution >= 0.6 is 0 Å². The topological polar surface area (TPSA) is 94.5 Å². The van der Waals surface area contributed by atoms with Crippen LogP contribution < -0.4 is 0 Å². The number of aliphatic hydroxyl groups excluding tert-OH is 1. The summed E-state index contributed by atoms with van der Waals surface area (Å²) in [5.74, 6) is -1.22. The third-order valence-corrected chi connectivity index (χ3v) is 2.57. The number of hydrogen-bond donors (Lipinski definition) is 2. The maximum Gasteiger partial charge on any atom is 0.335 e. The van der Waals surface area contributed by atoms with Gasteiger partial charge in [0.25, 0.3) is 0 Å². The van der Waals surface area contributed by atoms with Crippen molar-refractivity contribution in [3.63, 3.8) is 0 Å². The zero-order valence-electron chi connectivity index (χ0n) is 9.32. The zero-order chi connectivity index (χ0) is 12.3. The molecule has 0 aromatic carbocycles. The van der Waals surface area contributed by atoms with Crippen LogP contribution in [0.5, 0.6) is 0 Å². The number of ether oxygens (including phenoxy) is 4. The summed E-state index contributed by atoms with van der Waals surface area (Å²) in [6.07, 6.45) is -4.97. The van der Waals surface area contributed by atoms with Gasteiger partial charge in [-0.05, 0) is 0 Å². The number of carboxylic acids is 1. The van der Waals surface area contributed by atoms with Crippen LogP contribution in [0.1, 0.15) is 0 Å². The highest BCUT2D eigenvalue weighted by atomic mass is 16.7. The summed E-state index contributed by atoms with van der Waals surface area (Å²) in [5, 5.41) is 18.5. The number of aliphatic hydroxyl groups is 1. The van der Waals surface area contributed by atoms with Crippen molar-refractivity contribution in [2.45, 2.75) is 30.7 Å². The van der Waals surface area contributed by atoms with Crippen LogP contribution in [0.15, 0.2) is 0 Å². The standard InChI is InChI=1S/C9H16O7/c1-13-4-5(14-2)7(15-3)9(12)16-6(4)8(10)11/h4-7,9,12H,1-3H3,(H,10,11). The average molecular weight is 236 g/mol. The normalized spacial score (nSPS) is 39.6. The van der Waals surface area contributed by atoms with E-state index in [1.807, 2.05) is 0 Å². The first kappa shape index (κ1) is 13.3. The molecule has 0 radical (unpaired) electrons. The zero-order valence-corrected chi connectivity index (χ0v) is 9.32. The van der Waals surface area contributed by atoms with Crippen molar-refractivity contribution >= 4 is 5.97 Å². The Bertz CT molecular complexity index is 244. The number of carbonyl (C=O) groups is 1. The summed E-state index contributed by atoms with van der Waals surface area (Å²) in [4.78, 5) is 10.9. The molecule has 1 saturated heterocycles. The van der Waals surface area contributed by atoms with Gasteiger partial charge < -0.3 is 29.2 Å². The van der Waals surface area contributed by atoms with Gasteiger partial charge in [-0.1, -0.05) is 0 Å². The molecule has 0 amide bonds. The van der Waals surface area contributed by atoms with Crippen LogP contribution in [0.25, 0.3) is 0 Å². The average Bonchev–Trinajstić information content (AvgIpc) is 2.27. The Labute approximate surface area is 92.9 Å².